The van der Waals surface area contributed by atoms with Gasteiger partial charge in [-0.25, -0.2) is 4.39 Å². The van der Waals surface area contributed by atoms with Gasteiger partial charge in [0.2, 0.25) is 11.6 Å². The molecule has 2 aromatic rings. The Hall–Kier alpha value is -2.24. The summed E-state index contributed by atoms with van der Waals surface area (Å²) in [6.45, 7) is 2.54. The summed E-state index contributed by atoms with van der Waals surface area (Å²) < 4.78 is 20.6. The Balaban J connectivity index is 1.47. The first-order chi connectivity index (χ1) is 12.0. The third kappa shape index (κ3) is 3.30. The second kappa shape index (κ2) is 6.24. The number of hydrogen-bond donors (Lipinski definition) is 0. The van der Waals surface area contributed by atoms with E-state index < -0.39 is 5.67 Å². The number of likely N-dealkylation sites (tertiary alicyclic amines) is 1. The summed E-state index contributed by atoms with van der Waals surface area (Å²) in [7, 11) is 0. The van der Waals surface area contributed by atoms with E-state index in [1.54, 1.807) is 4.90 Å². The molecule has 2 aliphatic rings. The molecule has 1 saturated carbocycles. The van der Waals surface area contributed by atoms with Gasteiger partial charge in [0, 0.05) is 12.5 Å². The van der Waals surface area contributed by atoms with Crippen LogP contribution in [0.2, 0.25) is 0 Å². The quantitative estimate of drug-likeness (QED) is 0.855. The number of aryl methyl sites for hydroxylation is 1. The van der Waals surface area contributed by atoms with Crippen molar-refractivity contribution >= 4 is 5.91 Å². The average Bonchev–Trinajstić information content (AvgIpc) is 3.33. The van der Waals surface area contributed by atoms with Crippen molar-refractivity contribution in [2.45, 2.75) is 50.6 Å². The zero-order valence-electron chi connectivity index (χ0n) is 14.4. The molecular weight excluding hydrogens is 321 g/mol. The summed E-state index contributed by atoms with van der Waals surface area (Å²) in [5.41, 5.74) is 0.321. The monoisotopic (exact) mass is 343 g/mol. The number of alkyl halides is 1. The van der Waals surface area contributed by atoms with E-state index in [0.29, 0.717) is 37.5 Å². The minimum atomic E-state index is -1.74. The van der Waals surface area contributed by atoms with E-state index in [2.05, 4.69) is 10.1 Å². The second-order valence-electron chi connectivity index (χ2n) is 7.22. The Labute approximate surface area is 146 Å². The number of nitrogens with zero attached hydrogens (tertiary/aromatic N) is 3. The zero-order chi connectivity index (χ0) is 17.4. The summed E-state index contributed by atoms with van der Waals surface area (Å²) in [6.07, 6.45) is 3.28. The lowest BCUT2D eigenvalue weighted by Crippen LogP contribution is -2.47. The fourth-order valence-corrected chi connectivity index (χ4v) is 3.41. The van der Waals surface area contributed by atoms with Crippen molar-refractivity contribution in [3.8, 4) is 0 Å². The Kier molecular flexibility index (Phi) is 4.06. The molecule has 0 N–H and O–H groups in total. The van der Waals surface area contributed by atoms with Gasteiger partial charge in [0.1, 0.15) is 0 Å². The van der Waals surface area contributed by atoms with Crippen LogP contribution in [0.4, 0.5) is 4.39 Å². The van der Waals surface area contributed by atoms with E-state index in [-0.39, 0.29) is 18.3 Å². The maximum atomic E-state index is 15.4. The number of carbonyl (C=O) groups is 1. The van der Waals surface area contributed by atoms with Crippen LogP contribution in [0, 0.1) is 6.92 Å². The molecule has 1 aromatic carbocycles. The lowest BCUT2D eigenvalue weighted by Gasteiger charge is -2.35. The largest absolute Gasteiger partial charge is 0.339 e. The lowest BCUT2D eigenvalue weighted by molar-refractivity contribution is -0.135. The van der Waals surface area contributed by atoms with Crippen molar-refractivity contribution in [1.82, 2.24) is 15.0 Å². The van der Waals surface area contributed by atoms with Gasteiger partial charge >= 0.3 is 0 Å². The summed E-state index contributed by atoms with van der Waals surface area (Å²) in [6, 6.07) is 7.79. The van der Waals surface area contributed by atoms with Gasteiger partial charge in [0.15, 0.2) is 5.82 Å². The highest BCUT2D eigenvalue weighted by atomic mass is 19.1. The molecule has 1 atom stereocenters. The minimum Gasteiger partial charge on any atom is -0.339 e. The van der Waals surface area contributed by atoms with E-state index in [1.807, 2.05) is 31.2 Å². The van der Waals surface area contributed by atoms with Gasteiger partial charge in [-0.15, -0.1) is 0 Å². The number of rotatable bonds is 4. The van der Waals surface area contributed by atoms with Crippen LogP contribution in [-0.4, -0.2) is 34.0 Å². The smallest absolute Gasteiger partial charge is 0.266 e. The molecule has 132 valence electrons. The van der Waals surface area contributed by atoms with E-state index in [0.717, 1.165) is 24.0 Å². The van der Waals surface area contributed by atoms with Crippen LogP contribution in [0.1, 0.15) is 54.4 Å². The molecule has 5 nitrogen and oxygen atoms in total. The third-order valence-corrected chi connectivity index (χ3v) is 5.17. The molecule has 1 aromatic heterocycles. The average molecular weight is 343 g/mol. The van der Waals surface area contributed by atoms with E-state index >= 15 is 4.39 Å². The van der Waals surface area contributed by atoms with Crippen molar-refractivity contribution in [1.29, 1.82) is 0 Å². The molecule has 2 heterocycles. The molecule has 0 radical (unpaired) electrons. The number of hydrogen-bond acceptors (Lipinski definition) is 4. The Morgan fingerprint density at radius 2 is 2.20 bits per heavy atom. The molecule has 1 aliphatic carbocycles. The highest BCUT2D eigenvalue weighted by molar-refractivity contribution is 5.79. The summed E-state index contributed by atoms with van der Waals surface area (Å²) in [5.74, 6) is 0.902. The minimum absolute atomic E-state index is 0.00991. The number of amides is 1. The molecule has 0 bridgehead atoms. The highest BCUT2D eigenvalue weighted by Gasteiger charge is 2.44. The molecule has 2 fully saturated rings. The Morgan fingerprint density at radius 3 is 2.96 bits per heavy atom. The highest BCUT2D eigenvalue weighted by Crippen LogP contribution is 2.40. The Bertz CT molecular complexity index is 786. The van der Waals surface area contributed by atoms with Crippen LogP contribution in [0.3, 0.4) is 0 Å². The number of carbonyl (C=O) groups excluding carboxylic acids is 1. The maximum absolute atomic E-state index is 15.4. The van der Waals surface area contributed by atoms with Crippen LogP contribution in [0.25, 0.3) is 0 Å². The fourth-order valence-electron chi connectivity index (χ4n) is 3.41. The second-order valence-corrected chi connectivity index (χ2v) is 7.22. The topological polar surface area (TPSA) is 59.2 Å². The molecule has 0 spiro atoms. The summed E-state index contributed by atoms with van der Waals surface area (Å²) in [4.78, 5) is 18.5. The van der Waals surface area contributed by atoms with Crippen molar-refractivity contribution in [3.05, 3.63) is 47.1 Å². The fraction of sp³-hybridized carbons (Fsp3) is 0.526. The normalized spacial score (nSPS) is 23.7. The van der Waals surface area contributed by atoms with Gasteiger partial charge in [0.05, 0.1) is 13.0 Å². The predicted molar refractivity (Wildman–Crippen MR) is 89.8 cm³/mol. The van der Waals surface area contributed by atoms with Crippen molar-refractivity contribution < 1.29 is 13.7 Å². The van der Waals surface area contributed by atoms with Crippen LogP contribution in [0.5, 0.6) is 0 Å². The molecule has 4 rings (SSSR count). The molecule has 25 heavy (non-hydrogen) atoms. The van der Waals surface area contributed by atoms with E-state index in [4.69, 9.17) is 4.52 Å². The van der Waals surface area contributed by atoms with Crippen LogP contribution >= 0.6 is 0 Å². The van der Waals surface area contributed by atoms with Gasteiger partial charge in [-0.3, -0.25) is 4.79 Å². The number of piperidine rings is 1. The predicted octanol–water partition coefficient (Wildman–Crippen LogP) is 3.29. The van der Waals surface area contributed by atoms with Crippen molar-refractivity contribution in [2.75, 3.05) is 13.1 Å². The maximum Gasteiger partial charge on any atom is 0.266 e. The molecular formula is C19H22FN3O2. The van der Waals surface area contributed by atoms with Crippen molar-refractivity contribution in [2.24, 2.45) is 0 Å². The van der Waals surface area contributed by atoms with E-state index in [1.165, 1.54) is 0 Å². The van der Waals surface area contributed by atoms with Gasteiger partial charge in [-0.2, -0.15) is 4.98 Å². The first kappa shape index (κ1) is 16.2. The molecule has 1 amide bonds. The molecule has 6 heteroatoms. The van der Waals surface area contributed by atoms with Crippen LogP contribution < -0.4 is 0 Å². The third-order valence-electron chi connectivity index (χ3n) is 5.17. The van der Waals surface area contributed by atoms with Crippen LogP contribution in [-0.2, 0) is 16.9 Å². The summed E-state index contributed by atoms with van der Waals surface area (Å²) >= 11 is 0. The first-order valence-electron chi connectivity index (χ1n) is 8.90. The standard InChI is InChI=1S/C19H22FN3O2/c1-13-5-2-3-6-15(13)11-16(24)23-10-4-9-19(20,12-23)18-21-17(22-25-18)14-7-8-14/h2-3,5-6,14H,4,7-12H2,1H3. The van der Waals surface area contributed by atoms with Gasteiger partial charge in [-0.1, -0.05) is 29.4 Å². The SMILES string of the molecule is Cc1ccccc1CC(=O)N1CCCC(F)(c2nc(C3CC3)no2)C1. The van der Waals surface area contributed by atoms with Crippen molar-refractivity contribution in [3.63, 3.8) is 0 Å². The van der Waals surface area contributed by atoms with Crippen LogP contribution in [0.15, 0.2) is 28.8 Å². The first-order valence-corrected chi connectivity index (χ1v) is 8.90. The number of halogens is 1. The van der Waals surface area contributed by atoms with Gasteiger partial charge < -0.3 is 9.42 Å². The van der Waals surface area contributed by atoms with Gasteiger partial charge in [0.25, 0.3) is 5.89 Å². The lowest BCUT2D eigenvalue weighted by atomic mass is 9.93. The Morgan fingerprint density at radius 1 is 1.40 bits per heavy atom. The zero-order valence-corrected chi connectivity index (χ0v) is 14.4. The van der Waals surface area contributed by atoms with Gasteiger partial charge in [-0.05, 0) is 43.7 Å². The molecule has 1 saturated heterocycles. The number of benzene rings is 1. The number of aromatic nitrogens is 2. The molecule has 1 unspecified atom stereocenters. The molecule has 1 aliphatic heterocycles. The van der Waals surface area contributed by atoms with E-state index in [9.17, 15) is 4.79 Å². The summed E-state index contributed by atoms with van der Waals surface area (Å²) in [5, 5.41) is 3.92.